The molecule has 3 saturated heterocycles. The second kappa shape index (κ2) is 10.0. The van der Waals surface area contributed by atoms with Crippen molar-refractivity contribution in [1.29, 1.82) is 0 Å². The number of halogens is 3. The Morgan fingerprint density at radius 1 is 1.24 bits per heavy atom. The highest BCUT2D eigenvalue weighted by Crippen LogP contribution is 2.36. The molecule has 4 heterocycles. The number of hydrogen-bond donors (Lipinski definition) is 2. The van der Waals surface area contributed by atoms with Gasteiger partial charge in [0.05, 0.1) is 36.7 Å². The molecule has 0 saturated carbocycles. The Morgan fingerprint density at radius 3 is 2.35 bits per heavy atom. The molecule has 4 rings (SSSR count). The van der Waals surface area contributed by atoms with Crippen molar-refractivity contribution >= 4 is 27.7 Å². The molecule has 190 valence electrons. The van der Waals surface area contributed by atoms with Crippen LogP contribution in [-0.2, 0) is 24.2 Å². The van der Waals surface area contributed by atoms with E-state index in [4.69, 9.17) is 14.6 Å². The molecule has 3 atom stereocenters. The normalized spacial score (nSPS) is 26.0. The molecule has 1 aromatic heterocycles. The van der Waals surface area contributed by atoms with Gasteiger partial charge in [-0.05, 0) is 32.3 Å². The highest BCUT2D eigenvalue weighted by atomic mass is 32.2. The van der Waals surface area contributed by atoms with Crippen LogP contribution in [-0.4, -0.2) is 84.9 Å². The molecule has 1 amide bonds. The van der Waals surface area contributed by atoms with Gasteiger partial charge in [-0.25, -0.2) is 23.2 Å². The number of carboxylic acid groups (broad SMARTS) is 1. The van der Waals surface area contributed by atoms with Crippen LogP contribution in [0.4, 0.5) is 19.1 Å². The van der Waals surface area contributed by atoms with E-state index in [2.05, 4.69) is 20.2 Å². The summed E-state index contributed by atoms with van der Waals surface area (Å²) in [6.07, 6.45) is -3.93. The number of carboxylic acids is 1. The minimum Gasteiger partial charge on any atom is -0.475 e. The second-order valence-corrected chi connectivity index (χ2v) is 11.0. The summed E-state index contributed by atoms with van der Waals surface area (Å²) in [4.78, 5) is 32.5. The Hall–Kier alpha value is -2.48. The summed E-state index contributed by atoms with van der Waals surface area (Å²) in [6.45, 7) is 6.29. The zero-order chi connectivity index (χ0) is 25.3. The average Bonchev–Trinajstić information content (AvgIpc) is 3.07. The van der Waals surface area contributed by atoms with E-state index >= 15 is 0 Å². The van der Waals surface area contributed by atoms with E-state index in [1.807, 2.05) is 19.9 Å². The zero-order valence-electron chi connectivity index (χ0n) is 18.7. The molecule has 0 spiro atoms. The van der Waals surface area contributed by atoms with Crippen LogP contribution in [0.15, 0.2) is 6.07 Å². The summed E-state index contributed by atoms with van der Waals surface area (Å²) >= 11 is 0. The number of nitrogens with zero attached hydrogens (tertiary/aromatic N) is 3. The minimum atomic E-state index is -5.08. The Labute approximate surface area is 194 Å². The van der Waals surface area contributed by atoms with Crippen LogP contribution < -0.4 is 10.2 Å². The van der Waals surface area contributed by atoms with Gasteiger partial charge in [0.2, 0.25) is 11.9 Å². The Bertz CT molecular complexity index is 1000. The lowest BCUT2D eigenvalue weighted by molar-refractivity contribution is -0.192. The zero-order valence-corrected chi connectivity index (χ0v) is 19.5. The molecule has 0 unspecified atom stereocenters. The van der Waals surface area contributed by atoms with Gasteiger partial charge in [-0.2, -0.15) is 13.2 Å². The third-order valence-corrected chi connectivity index (χ3v) is 7.77. The molecule has 0 aromatic carbocycles. The van der Waals surface area contributed by atoms with Crippen LogP contribution >= 0.6 is 0 Å². The Morgan fingerprint density at radius 2 is 1.82 bits per heavy atom. The Kier molecular flexibility index (Phi) is 7.70. The number of rotatable bonds is 4. The fourth-order valence-electron chi connectivity index (χ4n) is 4.44. The van der Waals surface area contributed by atoms with E-state index in [-0.39, 0.29) is 29.6 Å². The minimum absolute atomic E-state index is 0.0567. The average molecular weight is 509 g/mol. The first-order valence-corrected chi connectivity index (χ1v) is 12.5. The van der Waals surface area contributed by atoms with Crippen LogP contribution in [0.3, 0.4) is 0 Å². The number of carbonyl (C=O) groups excluding carboxylic acids is 1. The Balaban J connectivity index is 0.000000406. The van der Waals surface area contributed by atoms with Crippen molar-refractivity contribution in [1.82, 2.24) is 15.3 Å². The number of carbonyl (C=O) groups is 2. The molecule has 0 radical (unpaired) electrons. The quantitative estimate of drug-likeness (QED) is 0.607. The van der Waals surface area contributed by atoms with Gasteiger partial charge >= 0.3 is 12.1 Å². The van der Waals surface area contributed by atoms with E-state index in [0.29, 0.717) is 24.9 Å². The summed E-state index contributed by atoms with van der Waals surface area (Å²) in [5.74, 6) is -1.26. The predicted molar refractivity (Wildman–Crippen MR) is 114 cm³/mol. The molecule has 3 aliphatic heterocycles. The number of anilines is 1. The highest BCUT2D eigenvalue weighted by molar-refractivity contribution is 7.92. The molecule has 1 aromatic rings. The number of nitrogens with one attached hydrogen (secondary N) is 1. The van der Waals surface area contributed by atoms with Gasteiger partial charge in [0, 0.05) is 30.4 Å². The van der Waals surface area contributed by atoms with Crippen molar-refractivity contribution in [2.24, 2.45) is 11.8 Å². The van der Waals surface area contributed by atoms with Crippen molar-refractivity contribution in [2.75, 3.05) is 36.1 Å². The van der Waals surface area contributed by atoms with E-state index in [9.17, 15) is 26.4 Å². The molecule has 0 aliphatic carbocycles. The molecule has 14 heteroatoms. The number of amides is 1. The molecular weight excluding hydrogens is 481 g/mol. The number of ether oxygens (including phenoxy) is 1. The number of piperidine rings is 1. The number of alkyl halides is 3. The van der Waals surface area contributed by atoms with Crippen molar-refractivity contribution in [3.05, 3.63) is 17.5 Å². The first-order valence-electron chi connectivity index (χ1n) is 10.7. The number of fused-ring (bicyclic) bond motifs is 1. The fraction of sp³-hybridized carbons (Fsp3) is 0.700. The molecule has 3 fully saturated rings. The third-order valence-electron chi connectivity index (χ3n) is 5.95. The van der Waals surface area contributed by atoms with E-state index in [0.717, 1.165) is 36.8 Å². The first kappa shape index (κ1) is 26.1. The van der Waals surface area contributed by atoms with Gasteiger partial charge in [0.15, 0.2) is 9.84 Å². The second-order valence-electron chi connectivity index (χ2n) is 8.83. The van der Waals surface area contributed by atoms with Gasteiger partial charge in [-0.15, -0.1) is 0 Å². The summed E-state index contributed by atoms with van der Waals surface area (Å²) in [6, 6.07) is 1.74. The smallest absolute Gasteiger partial charge is 0.475 e. The maximum absolute atomic E-state index is 12.2. The van der Waals surface area contributed by atoms with Gasteiger partial charge in [-0.3, -0.25) is 4.79 Å². The fourth-order valence-corrected chi connectivity index (χ4v) is 5.74. The van der Waals surface area contributed by atoms with Crippen molar-refractivity contribution in [3.63, 3.8) is 0 Å². The van der Waals surface area contributed by atoms with Crippen molar-refractivity contribution in [3.8, 4) is 0 Å². The summed E-state index contributed by atoms with van der Waals surface area (Å²) in [5, 5.41) is 9.94. The van der Waals surface area contributed by atoms with Crippen LogP contribution in [0.25, 0.3) is 0 Å². The van der Waals surface area contributed by atoms with Crippen LogP contribution in [0, 0.1) is 25.7 Å². The van der Waals surface area contributed by atoms with Gasteiger partial charge in [0.25, 0.3) is 0 Å². The van der Waals surface area contributed by atoms with Crippen LogP contribution in [0.2, 0.25) is 0 Å². The van der Waals surface area contributed by atoms with Crippen molar-refractivity contribution in [2.45, 2.75) is 45.0 Å². The number of aliphatic carboxylic acids is 1. The molecule has 3 aliphatic rings. The largest absolute Gasteiger partial charge is 0.490 e. The number of aryl methyl sites for hydroxylation is 2. The predicted octanol–water partition coefficient (Wildman–Crippen LogP) is 0.871. The standard InChI is InChI=1S/C18H26N4O4S.C2HF3O2/c1-11-5-12(2)20-18(19-11)22-4-3-15-13(7-22)8-26-16(15)6-17(23)21-14-9-27(24,25)10-14;3-2(4,5)1(6)7/h5,13-16H,3-4,6-10H2,1-2H3,(H,21,23);(H,6,7)/t13-,15-,16+;/m1./s1. The van der Waals surface area contributed by atoms with Gasteiger partial charge < -0.3 is 20.1 Å². The summed E-state index contributed by atoms with van der Waals surface area (Å²) in [7, 11) is -2.92. The first-order chi connectivity index (χ1) is 15.7. The molecule has 2 N–H and O–H groups in total. The SMILES string of the molecule is Cc1cc(C)nc(N2CC[C@@H]3[C@@H](CO[C@H]3CC(=O)NC3CS(=O)(=O)C3)C2)n1.O=C(O)C(F)(F)F. The highest BCUT2D eigenvalue weighted by Gasteiger charge is 2.43. The lowest BCUT2D eigenvalue weighted by Crippen LogP contribution is -2.53. The van der Waals surface area contributed by atoms with E-state index < -0.39 is 22.0 Å². The van der Waals surface area contributed by atoms with E-state index in [1.54, 1.807) is 0 Å². The van der Waals surface area contributed by atoms with E-state index in [1.165, 1.54) is 0 Å². The van der Waals surface area contributed by atoms with Crippen molar-refractivity contribution < 1.29 is 41.0 Å². The summed E-state index contributed by atoms with van der Waals surface area (Å²) < 4.78 is 60.1. The number of hydrogen-bond acceptors (Lipinski definition) is 8. The summed E-state index contributed by atoms with van der Waals surface area (Å²) in [5.41, 5.74) is 1.93. The topological polar surface area (TPSA) is 139 Å². The van der Waals surface area contributed by atoms with Crippen LogP contribution in [0.1, 0.15) is 24.2 Å². The molecule has 0 bridgehead atoms. The lowest BCUT2D eigenvalue weighted by atomic mass is 9.83. The molecule has 34 heavy (non-hydrogen) atoms. The van der Waals surface area contributed by atoms with Gasteiger partial charge in [-0.1, -0.05) is 0 Å². The van der Waals surface area contributed by atoms with Crippen LogP contribution in [0.5, 0.6) is 0 Å². The maximum atomic E-state index is 12.2. The maximum Gasteiger partial charge on any atom is 0.490 e. The lowest BCUT2D eigenvalue weighted by Gasteiger charge is -2.36. The van der Waals surface area contributed by atoms with Gasteiger partial charge in [0.1, 0.15) is 0 Å². The number of sulfone groups is 1. The third kappa shape index (κ3) is 6.78. The molecular formula is C20H27F3N4O6S. The molecule has 10 nitrogen and oxygen atoms in total. The number of aromatic nitrogens is 2. The monoisotopic (exact) mass is 508 g/mol.